The highest BCUT2D eigenvalue weighted by Crippen LogP contribution is 2.56. The lowest BCUT2D eigenvalue weighted by atomic mass is 9.67. The molecule has 2 nitrogen and oxygen atoms in total. The van der Waals surface area contributed by atoms with Gasteiger partial charge in [0.05, 0.1) is 5.41 Å². The van der Waals surface area contributed by atoms with E-state index >= 15 is 0 Å². The van der Waals surface area contributed by atoms with Crippen molar-refractivity contribution in [2.24, 2.45) is 0 Å². The van der Waals surface area contributed by atoms with E-state index in [0.717, 1.165) is 11.1 Å². The first kappa shape index (κ1) is 21.9. The molecule has 1 aliphatic rings. The van der Waals surface area contributed by atoms with Gasteiger partial charge >= 0.3 is 5.97 Å². The molecule has 0 unspecified atom stereocenters. The van der Waals surface area contributed by atoms with Gasteiger partial charge in [0.15, 0.2) is 0 Å². The molecule has 0 atom stereocenters. The summed E-state index contributed by atoms with van der Waals surface area (Å²) in [6.07, 6.45) is 0. The molecule has 4 aromatic rings. The Bertz CT molecular complexity index is 1410. The summed E-state index contributed by atoms with van der Waals surface area (Å²) in [5, 5.41) is 0. The number of rotatable bonds is 4. The van der Waals surface area contributed by atoms with Crippen LogP contribution in [0.1, 0.15) is 45.9 Å². The number of hydrogen-bond donors (Lipinski definition) is 0. The molecule has 0 amide bonds. The van der Waals surface area contributed by atoms with Crippen molar-refractivity contribution in [2.75, 3.05) is 0 Å². The minimum Gasteiger partial charge on any atom is -0.423 e. The topological polar surface area (TPSA) is 26.3 Å². The highest BCUT2D eigenvalue weighted by molar-refractivity contribution is 5.89. The van der Waals surface area contributed by atoms with Crippen LogP contribution in [-0.2, 0) is 10.2 Å². The fourth-order valence-electron chi connectivity index (χ4n) is 5.18. The highest BCUT2D eigenvalue weighted by Gasteiger charge is 2.46. The van der Waals surface area contributed by atoms with Crippen LogP contribution in [0.25, 0.3) is 11.1 Å². The number of ether oxygens (including phenoxy) is 1. The van der Waals surface area contributed by atoms with Gasteiger partial charge in [-0.1, -0.05) is 85.4 Å². The first-order chi connectivity index (χ1) is 16.3. The van der Waals surface area contributed by atoms with Crippen LogP contribution in [-0.4, -0.2) is 5.97 Å². The van der Waals surface area contributed by atoms with Crippen LogP contribution in [0.15, 0.2) is 97.1 Å². The third-order valence-electron chi connectivity index (χ3n) is 7.05. The molecule has 2 heteroatoms. The molecule has 0 heterocycles. The van der Waals surface area contributed by atoms with Crippen molar-refractivity contribution in [1.29, 1.82) is 0 Å². The zero-order valence-corrected chi connectivity index (χ0v) is 20.1. The van der Waals surface area contributed by atoms with Crippen LogP contribution in [0.4, 0.5) is 0 Å². The standard InChI is InChI=1S/C32H28O2/c1-20(2)31(33)34-30-17-16-25(19-23(30)5)32(24-15-14-21(3)22(4)18-24)28-12-8-6-10-26(28)27-11-7-9-13-29(27)32/h6-19H,1H2,2-5H3. The van der Waals surface area contributed by atoms with E-state index in [0.29, 0.717) is 11.3 Å². The number of carbonyl (C=O) groups is 1. The number of carbonyl (C=O) groups excluding carboxylic acids is 1. The van der Waals surface area contributed by atoms with E-state index in [4.69, 9.17) is 4.74 Å². The smallest absolute Gasteiger partial charge is 0.338 e. The van der Waals surface area contributed by atoms with Crippen LogP contribution in [0, 0.1) is 20.8 Å². The molecule has 0 radical (unpaired) electrons. The van der Waals surface area contributed by atoms with E-state index in [1.165, 1.54) is 38.9 Å². The molecule has 0 N–H and O–H groups in total. The molecule has 1 aliphatic carbocycles. The van der Waals surface area contributed by atoms with E-state index in [-0.39, 0.29) is 0 Å². The quantitative estimate of drug-likeness (QED) is 0.163. The van der Waals surface area contributed by atoms with Crippen molar-refractivity contribution < 1.29 is 9.53 Å². The molecule has 0 aromatic heterocycles. The van der Waals surface area contributed by atoms with Crippen molar-refractivity contribution in [3.05, 3.63) is 136 Å². The summed E-state index contributed by atoms with van der Waals surface area (Å²) in [7, 11) is 0. The third kappa shape index (κ3) is 3.21. The minimum absolute atomic E-state index is 0.383. The molecule has 34 heavy (non-hydrogen) atoms. The summed E-state index contributed by atoms with van der Waals surface area (Å²) >= 11 is 0. The molecular formula is C32H28O2. The summed E-state index contributed by atoms with van der Waals surface area (Å²) in [5.74, 6) is 0.155. The van der Waals surface area contributed by atoms with Gasteiger partial charge < -0.3 is 4.74 Å². The largest absolute Gasteiger partial charge is 0.423 e. The molecule has 0 aliphatic heterocycles. The van der Waals surface area contributed by atoms with E-state index in [9.17, 15) is 4.79 Å². The third-order valence-corrected chi connectivity index (χ3v) is 7.05. The first-order valence-electron chi connectivity index (χ1n) is 11.6. The molecule has 168 valence electrons. The maximum absolute atomic E-state index is 12.2. The second-order valence-electron chi connectivity index (χ2n) is 9.29. The van der Waals surface area contributed by atoms with Gasteiger partial charge in [-0.3, -0.25) is 0 Å². The van der Waals surface area contributed by atoms with E-state index in [1.54, 1.807) is 6.92 Å². The van der Waals surface area contributed by atoms with E-state index < -0.39 is 11.4 Å². The maximum atomic E-state index is 12.2. The zero-order valence-electron chi connectivity index (χ0n) is 20.1. The molecule has 0 saturated heterocycles. The van der Waals surface area contributed by atoms with Crippen LogP contribution in [0.3, 0.4) is 0 Å². The van der Waals surface area contributed by atoms with Gasteiger partial charge in [0, 0.05) is 5.57 Å². The predicted octanol–water partition coefficient (Wildman–Crippen LogP) is 7.46. The summed E-state index contributed by atoms with van der Waals surface area (Å²) in [6.45, 7) is 11.7. The van der Waals surface area contributed by atoms with Gasteiger partial charge in [0.1, 0.15) is 5.75 Å². The molecule has 0 fully saturated rings. The summed E-state index contributed by atoms with van der Waals surface area (Å²) < 4.78 is 5.60. The normalized spacial score (nSPS) is 13.2. The molecule has 4 aromatic carbocycles. The Hall–Kier alpha value is -3.91. The second kappa shape index (κ2) is 8.14. The Balaban J connectivity index is 1.82. The first-order valence-corrected chi connectivity index (χ1v) is 11.6. The van der Waals surface area contributed by atoms with Gasteiger partial charge in [-0.05, 0) is 83.8 Å². The minimum atomic E-state index is -0.465. The Labute approximate surface area is 201 Å². The van der Waals surface area contributed by atoms with Crippen LogP contribution >= 0.6 is 0 Å². The van der Waals surface area contributed by atoms with Crippen molar-refractivity contribution in [2.45, 2.75) is 33.1 Å². The molecule has 0 saturated carbocycles. The molecular weight excluding hydrogens is 416 g/mol. The van der Waals surface area contributed by atoms with E-state index in [2.05, 4.69) is 99.3 Å². The summed E-state index contributed by atoms with van der Waals surface area (Å²) in [5.41, 5.74) is 10.8. The highest BCUT2D eigenvalue weighted by atomic mass is 16.5. The SMILES string of the molecule is C=C(C)C(=O)Oc1ccc(C2(c3ccc(C)c(C)c3)c3ccccc3-c3ccccc32)cc1C. The van der Waals surface area contributed by atoms with Crippen LogP contribution in [0.2, 0.25) is 0 Å². The Morgan fingerprint density at radius 3 is 1.76 bits per heavy atom. The average molecular weight is 445 g/mol. The van der Waals surface area contributed by atoms with Crippen LogP contribution < -0.4 is 4.74 Å². The Morgan fingerprint density at radius 1 is 0.706 bits per heavy atom. The van der Waals surface area contributed by atoms with Gasteiger partial charge in [-0.25, -0.2) is 4.79 Å². The predicted molar refractivity (Wildman–Crippen MR) is 138 cm³/mol. The number of esters is 1. The van der Waals surface area contributed by atoms with Gasteiger partial charge in [0.2, 0.25) is 0 Å². The van der Waals surface area contributed by atoms with Crippen molar-refractivity contribution in [3.63, 3.8) is 0 Å². The number of benzene rings is 4. The molecule has 5 rings (SSSR count). The van der Waals surface area contributed by atoms with Gasteiger partial charge in [-0.15, -0.1) is 0 Å². The van der Waals surface area contributed by atoms with E-state index in [1.807, 2.05) is 13.0 Å². The molecule has 0 bridgehead atoms. The average Bonchev–Trinajstić information content (AvgIpc) is 3.13. The summed E-state index contributed by atoms with van der Waals surface area (Å²) in [6, 6.07) is 30.3. The lowest BCUT2D eigenvalue weighted by Crippen LogP contribution is -2.29. The maximum Gasteiger partial charge on any atom is 0.338 e. The Morgan fingerprint density at radius 2 is 1.24 bits per heavy atom. The number of hydrogen-bond acceptors (Lipinski definition) is 2. The van der Waals surface area contributed by atoms with Gasteiger partial charge in [-0.2, -0.15) is 0 Å². The summed E-state index contributed by atoms with van der Waals surface area (Å²) in [4.78, 5) is 12.2. The Kier molecular flexibility index (Phi) is 5.25. The second-order valence-corrected chi connectivity index (χ2v) is 9.29. The fraction of sp³-hybridized carbons (Fsp3) is 0.156. The monoisotopic (exact) mass is 444 g/mol. The fourth-order valence-corrected chi connectivity index (χ4v) is 5.18. The number of aryl methyl sites for hydroxylation is 3. The van der Waals surface area contributed by atoms with Crippen LogP contribution in [0.5, 0.6) is 5.75 Å². The van der Waals surface area contributed by atoms with Crippen molar-refractivity contribution in [3.8, 4) is 16.9 Å². The van der Waals surface area contributed by atoms with Gasteiger partial charge in [0.25, 0.3) is 0 Å². The lowest BCUT2D eigenvalue weighted by Gasteiger charge is -2.34. The van der Waals surface area contributed by atoms with Crippen molar-refractivity contribution in [1.82, 2.24) is 0 Å². The van der Waals surface area contributed by atoms with Crippen molar-refractivity contribution >= 4 is 5.97 Å². The zero-order chi connectivity index (χ0) is 24.0. The number of fused-ring (bicyclic) bond motifs is 3. The molecule has 0 spiro atoms. The lowest BCUT2D eigenvalue weighted by molar-refractivity contribution is -0.130.